The van der Waals surface area contributed by atoms with Gasteiger partial charge >= 0.3 is 12.2 Å². The van der Waals surface area contributed by atoms with Gasteiger partial charge in [-0.05, 0) is 73.6 Å². The van der Waals surface area contributed by atoms with Crippen molar-refractivity contribution >= 4 is 35.4 Å². The number of aliphatic hydroxyl groups excluding tert-OH is 1. The van der Waals surface area contributed by atoms with Crippen molar-refractivity contribution in [3.8, 4) is 23.0 Å². The van der Waals surface area contributed by atoms with Crippen molar-refractivity contribution in [2.75, 3.05) is 63.5 Å². The van der Waals surface area contributed by atoms with E-state index in [2.05, 4.69) is 19.2 Å². The molecule has 61 heavy (non-hydrogen) atoms. The highest BCUT2D eigenvalue weighted by molar-refractivity contribution is 6.07. The number of carbonyl (C=O) groups is 4. The maximum Gasteiger partial charge on any atom is 0.416 e. The topological polar surface area (TPSA) is 157 Å². The highest BCUT2D eigenvalue weighted by Gasteiger charge is 2.58. The van der Waals surface area contributed by atoms with Crippen LogP contribution in [0.3, 0.4) is 0 Å². The molecule has 3 aromatic rings. The first-order valence-electron chi connectivity index (χ1n) is 20.8. The number of benzene rings is 3. The first kappa shape index (κ1) is 41.5. The van der Waals surface area contributed by atoms with Gasteiger partial charge in [-0.2, -0.15) is 0 Å². The molecule has 3 atom stereocenters. The molecule has 1 aliphatic carbocycles. The molecule has 0 unspecified atom stereocenters. The van der Waals surface area contributed by atoms with Gasteiger partial charge in [0, 0.05) is 25.2 Å². The second-order valence-corrected chi connectivity index (χ2v) is 16.2. The van der Waals surface area contributed by atoms with Crippen molar-refractivity contribution in [2.24, 2.45) is 5.41 Å². The Hall–Kier alpha value is -6.22. The maximum absolute atomic E-state index is 14.2. The van der Waals surface area contributed by atoms with Crippen molar-refractivity contribution in [2.45, 2.75) is 69.8 Å². The van der Waals surface area contributed by atoms with Gasteiger partial charge in [0.25, 0.3) is 11.8 Å². The predicted octanol–water partition coefficient (Wildman–Crippen LogP) is 6.50. The molecule has 1 saturated heterocycles. The number of anilines is 2. The molecule has 0 bridgehead atoms. The number of hydrogen-bond donors (Lipinski definition) is 1. The van der Waals surface area contributed by atoms with Gasteiger partial charge in [-0.15, -0.1) is 0 Å². The summed E-state index contributed by atoms with van der Waals surface area (Å²) in [4.78, 5) is 61.2. The van der Waals surface area contributed by atoms with Crippen LogP contribution >= 0.6 is 0 Å². The van der Waals surface area contributed by atoms with E-state index in [9.17, 15) is 24.3 Å². The van der Waals surface area contributed by atoms with E-state index in [1.807, 2.05) is 23.1 Å². The number of unbranched alkanes of at least 4 members (excludes halogenated alkanes) is 2. The van der Waals surface area contributed by atoms with Crippen LogP contribution in [0.2, 0.25) is 0 Å². The summed E-state index contributed by atoms with van der Waals surface area (Å²) in [7, 11) is 2.99. The molecule has 1 saturated carbocycles. The van der Waals surface area contributed by atoms with E-state index < -0.39 is 24.5 Å². The van der Waals surface area contributed by atoms with Gasteiger partial charge in [0.2, 0.25) is 0 Å². The second kappa shape index (κ2) is 17.4. The summed E-state index contributed by atoms with van der Waals surface area (Å²) in [5, 5.41) is 11.6. The van der Waals surface area contributed by atoms with E-state index in [1.165, 1.54) is 31.3 Å². The quantitative estimate of drug-likeness (QED) is 0.140. The van der Waals surface area contributed by atoms with Gasteiger partial charge in [0.15, 0.2) is 29.2 Å². The highest BCUT2D eigenvalue weighted by atomic mass is 16.6. The van der Waals surface area contributed by atoms with Crippen LogP contribution in [-0.4, -0.2) is 111 Å². The molecule has 15 heteroatoms. The van der Waals surface area contributed by atoms with E-state index in [1.54, 1.807) is 29.2 Å². The summed E-state index contributed by atoms with van der Waals surface area (Å²) < 4.78 is 34.7. The lowest BCUT2D eigenvalue weighted by Crippen LogP contribution is -2.50. The molecule has 3 aromatic carbocycles. The molecular formula is C46H52N4O11. The average molecular weight is 837 g/mol. The number of carbonyl (C=O) groups excluding carboxylic acids is 4. The van der Waals surface area contributed by atoms with E-state index in [4.69, 9.17) is 28.4 Å². The average Bonchev–Trinajstić information content (AvgIpc) is 3.96. The molecule has 2 fully saturated rings. The van der Waals surface area contributed by atoms with Crippen molar-refractivity contribution in [1.82, 2.24) is 9.80 Å². The van der Waals surface area contributed by atoms with E-state index in [-0.39, 0.29) is 60.9 Å². The molecule has 0 radical (unpaired) electrons. The lowest BCUT2D eigenvalue weighted by molar-refractivity contribution is 0.0496. The Bertz CT molecular complexity index is 2220. The zero-order valence-electron chi connectivity index (χ0n) is 34.6. The molecule has 4 heterocycles. The fourth-order valence-corrected chi connectivity index (χ4v) is 8.99. The summed E-state index contributed by atoms with van der Waals surface area (Å²) in [5.74, 6) is 0.871. The van der Waals surface area contributed by atoms with E-state index in [0.717, 1.165) is 28.9 Å². The third-order valence-corrected chi connectivity index (χ3v) is 12.3. The minimum atomic E-state index is -1.32. The normalized spacial score (nSPS) is 20.5. The zero-order valence-corrected chi connectivity index (χ0v) is 34.6. The minimum Gasteiger partial charge on any atom is -0.493 e. The second-order valence-electron chi connectivity index (χ2n) is 16.2. The SMILES string of the molecule is C=CCOC(=O)N1C[C@@H]2Cc3ccccc3CN2C(=O)c2cc(OC)c(OCCCCCOc3cc4c(cc3OC)C(=O)N3CC5(CC5)C[C@H]3[C@H](O)N4C(=O)OCC=C)cc21. The summed E-state index contributed by atoms with van der Waals surface area (Å²) >= 11 is 0. The van der Waals surface area contributed by atoms with Gasteiger partial charge in [0.1, 0.15) is 13.2 Å². The number of fused-ring (bicyclic) bond motifs is 5. The van der Waals surface area contributed by atoms with Crippen molar-refractivity contribution in [1.29, 1.82) is 0 Å². The van der Waals surface area contributed by atoms with Crippen molar-refractivity contribution in [3.63, 3.8) is 0 Å². The summed E-state index contributed by atoms with van der Waals surface area (Å²) in [5.41, 5.74) is 3.28. The molecule has 15 nitrogen and oxygen atoms in total. The molecule has 4 aliphatic heterocycles. The summed E-state index contributed by atoms with van der Waals surface area (Å²) in [6.45, 7) is 9.00. The van der Waals surface area contributed by atoms with Gasteiger partial charge in [-0.3, -0.25) is 14.5 Å². The van der Waals surface area contributed by atoms with Crippen molar-refractivity contribution in [3.05, 3.63) is 96.1 Å². The first-order valence-corrected chi connectivity index (χ1v) is 20.8. The number of hydrogen-bond acceptors (Lipinski definition) is 11. The van der Waals surface area contributed by atoms with Gasteiger partial charge in [-0.25, -0.2) is 14.5 Å². The van der Waals surface area contributed by atoms with Crippen LogP contribution in [0.15, 0.2) is 73.8 Å². The Balaban J connectivity index is 0.937. The highest BCUT2D eigenvalue weighted by Crippen LogP contribution is 2.57. The lowest BCUT2D eigenvalue weighted by atomic mass is 9.93. The Kier molecular flexibility index (Phi) is 11.8. The minimum absolute atomic E-state index is 0.0178. The van der Waals surface area contributed by atoms with Crippen LogP contribution in [0.4, 0.5) is 21.0 Å². The van der Waals surface area contributed by atoms with Crippen LogP contribution in [0.25, 0.3) is 0 Å². The third kappa shape index (κ3) is 8.06. The predicted molar refractivity (Wildman–Crippen MR) is 225 cm³/mol. The zero-order chi connectivity index (χ0) is 42.8. The molecular weight excluding hydrogens is 785 g/mol. The van der Waals surface area contributed by atoms with E-state index >= 15 is 0 Å². The smallest absolute Gasteiger partial charge is 0.416 e. The molecule has 0 aromatic heterocycles. The van der Waals surface area contributed by atoms with Gasteiger partial charge in [0.05, 0.1) is 68.6 Å². The standard InChI is InChI=1S/C46H52N4O11/c1-5-16-60-44(54)48-27-31-20-29-12-8-9-13-30(29)26-47(31)41(51)32-21-37(56-3)39(23-34(32)48)58-18-10-7-11-19-59-40-24-35-33(22-38(40)57-4)42(52)49-28-46(14-15-46)25-36(49)43(53)50(35)45(55)61-17-6-2/h5-6,8-9,12-13,21-24,31,36,43,53H,1-2,7,10-11,14-20,25-28H2,3-4H3/t31-,36-,43-/m0/s1. The fourth-order valence-electron chi connectivity index (χ4n) is 8.99. The van der Waals surface area contributed by atoms with Crippen LogP contribution in [-0.2, 0) is 22.4 Å². The third-order valence-electron chi connectivity index (χ3n) is 12.3. The number of amides is 4. The summed E-state index contributed by atoms with van der Waals surface area (Å²) in [6, 6.07) is 13.6. The Morgan fingerprint density at radius 2 is 1.38 bits per heavy atom. The number of ether oxygens (including phenoxy) is 6. The van der Waals surface area contributed by atoms with Crippen LogP contribution in [0.1, 0.15) is 70.4 Å². The molecule has 1 N–H and O–H groups in total. The first-order chi connectivity index (χ1) is 29.6. The molecule has 8 rings (SSSR count). The Labute approximate surface area is 355 Å². The van der Waals surface area contributed by atoms with Crippen LogP contribution in [0.5, 0.6) is 23.0 Å². The molecule has 1 spiro atoms. The molecule has 5 aliphatic rings. The molecule has 4 amide bonds. The molecule has 322 valence electrons. The Morgan fingerprint density at radius 3 is 2.00 bits per heavy atom. The fraction of sp³-hybridized carbons (Fsp3) is 0.435. The monoisotopic (exact) mass is 836 g/mol. The number of rotatable bonds is 14. The van der Waals surface area contributed by atoms with Gasteiger partial charge < -0.3 is 43.3 Å². The Morgan fingerprint density at radius 1 is 0.787 bits per heavy atom. The number of nitrogens with zero attached hydrogens (tertiary/aromatic N) is 4. The lowest BCUT2D eigenvalue weighted by Gasteiger charge is -2.36. The largest absolute Gasteiger partial charge is 0.493 e. The number of aliphatic hydroxyl groups is 1. The van der Waals surface area contributed by atoms with Crippen LogP contribution < -0.4 is 28.7 Å². The van der Waals surface area contributed by atoms with E-state index in [0.29, 0.717) is 86.0 Å². The maximum atomic E-state index is 14.2. The summed E-state index contributed by atoms with van der Waals surface area (Å²) in [6.07, 6.45) is 5.32. The van der Waals surface area contributed by atoms with Gasteiger partial charge in [-0.1, -0.05) is 49.6 Å². The van der Waals surface area contributed by atoms with Crippen molar-refractivity contribution < 1.29 is 52.7 Å². The number of methoxy groups -OCH3 is 2. The van der Waals surface area contributed by atoms with Crippen LogP contribution in [0, 0.1) is 5.41 Å².